The van der Waals surface area contributed by atoms with Crippen molar-refractivity contribution in [2.75, 3.05) is 19.6 Å². The van der Waals surface area contributed by atoms with Crippen LogP contribution in [-0.4, -0.2) is 79.6 Å². The SMILES string of the molecule is C=CCN1CC(=O)N2[C@@H](Cc3c(F)cc(O)cc3F)C(=O)N(Cc3cccc(F)n3)C[C@@H]2N1C(=O)NCc1ccccc1. The largest absolute Gasteiger partial charge is 0.508 e. The van der Waals surface area contributed by atoms with Crippen LogP contribution in [0.4, 0.5) is 18.0 Å². The molecule has 2 aliphatic heterocycles. The minimum Gasteiger partial charge on any atom is -0.508 e. The molecule has 2 aromatic carbocycles. The van der Waals surface area contributed by atoms with Gasteiger partial charge >= 0.3 is 6.03 Å². The zero-order valence-corrected chi connectivity index (χ0v) is 23.0. The number of rotatable bonds is 8. The molecule has 2 N–H and O–H groups in total. The molecule has 0 saturated carbocycles. The molecule has 224 valence electrons. The number of pyridine rings is 1. The number of aromatic hydroxyl groups is 1. The van der Waals surface area contributed by atoms with Crippen molar-refractivity contribution in [3.05, 3.63) is 108 Å². The summed E-state index contributed by atoms with van der Waals surface area (Å²) in [6.07, 6.45) is -0.148. The molecule has 13 heteroatoms. The van der Waals surface area contributed by atoms with Gasteiger partial charge in [0.1, 0.15) is 29.6 Å². The molecule has 0 radical (unpaired) electrons. The summed E-state index contributed by atoms with van der Waals surface area (Å²) < 4.78 is 43.6. The van der Waals surface area contributed by atoms with Crippen LogP contribution >= 0.6 is 0 Å². The zero-order chi connectivity index (χ0) is 30.7. The first kappa shape index (κ1) is 29.6. The van der Waals surface area contributed by atoms with Crippen LogP contribution in [0.15, 0.2) is 73.3 Å². The Morgan fingerprint density at radius 2 is 1.79 bits per heavy atom. The van der Waals surface area contributed by atoms with Crippen molar-refractivity contribution in [3.63, 3.8) is 0 Å². The third-order valence-electron chi connectivity index (χ3n) is 7.31. The van der Waals surface area contributed by atoms with Crippen molar-refractivity contribution in [3.8, 4) is 5.75 Å². The highest BCUT2D eigenvalue weighted by Gasteiger charge is 2.51. The van der Waals surface area contributed by atoms with Gasteiger partial charge in [-0.2, -0.15) is 4.39 Å². The van der Waals surface area contributed by atoms with Crippen molar-refractivity contribution in [1.82, 2.24) is 30.1 Å². The van der Waals surface area contributed by atoms with Crippen LogP contribution in [-0.2, 0) is 29.1 Å². The third kappa shape index (κ3) is 6.31. The van der Waals surface area contributed by atoms with Gasteiger partial charge in [-0.3, -0.25) is 9.59 Å². The molecule has 0 bridgehead atoms. The molecule has 2 aliphatic rings. The summed E-state index contributed by atoms with van der Waals surface area (Å²) in [4.78, 5) is 47.4. The summed E-state index contributed by atoms with van der Waals surface area (Å²) in [5.74, 6) is -4.80. The summed E-state index contributed by atoms with van der Waals surface area (Å²) in [5, 5.41) is 15.2. The molecule has 5 rings (SSSR count). The summed E-state index contributed by atoms with van der Waals surface area (Å²) in [7, 11) is 0. The molecule has 0 spiro atoms. The monoisotopic (exact) mass is 594 g/mol. The van der Waals surface area contributed by atoms with E-state index in [-0.39, 0.29) is 38.4 Å². The fraction of sp³-hybridized carbons (Fsp3) is 0.267. The molecule has 10 nitrogen and oxygen atoms in total. The van der Waals surface area contributed by atoms with Crippen LogP contribution in [0.2, 0.25) is 0 Å². The number of hydrazine groups is 1. The second-order valence-corrected chi connectivity index (χ2v) is 10.2. The second-order valence-electron chi connectivity index (χ2n) is 10.2. The third-order valence-corrected chi connectivity index (χ3v) is 7.31. The molecule has 3 aromatic rings. The summed E-state index contributed by atoms with van der Waals surface area (Å²) in [5.41, 5.74) is 0.514. The lowest BCUT2D eigenvalue weighted by Gasteiger charge is -2.55. The van der Waals surface area contributed by atoms with Gasteiger partial charge in [0.25, 0.3) is 0 Å². The van der Waals surface area contributed by atoms with Crippen LogP contribution in [0.3, 0.4) is 0 Å². The Kier molecular flexibility index (Phi) is 8.62. The number of amides is 4. The minimum atomic E-state index is -1.43. The number of benzene rings is 2. The van der Waals surface area contributed by atoms with Crippen LogP contribution in [0.25, 0.3) is 0 Å². The van der Waals surface area contributed by atoms with Gasteiger partial charge < -0.3 is 20.2 Å². The van der Waals surface area contributed by atoms with Crippen molar-refractivity contribution < 1.29 is 32.7 Å². The van der Waals surface area contributed by atoms with E-state index < -0.39 is 65.4 Å². The maximum absolute atomic E-state index is 14.9. The highest BCUT2D eigenvalue weighted by atomic mass is 19.1. The molecular weight excluding hydrogens is 565 g/mol. The maximum atomic E-state index is 14.9. The molecule has 0 unspecified atom stereocenters. The summed E-state index contributed by atoms with van der Waals surface area (Å²) in [6.45, 7) is 3.32. The Labute approximate surface area is 245 Å². The smallest absolute Gasteiger partial charge is 0.334 e. The van der Waals surface area contributed by atoms with Gasteiger partial charge in [-0.15, -0.1) is 6.58 Å². The van der Waals surface area contributed by atoms with E-state index in [1.807, 2.05) is 30.3 Å². The summed E-state index contributed by atoms with van der Waals surface area (Å²) in [6, 6.07) is 12.7. The zero-order valence-electron chi connectivity index (χ0n) is 23.0. The number of urea groups is 1. The molecule has 4 amide bonds. The van der Waals surface area contributed by atoms with Gasteiger partial charge in [0.15, 0.2) is 0 Å². The highest BCUT2D eigenvalue weighted by Crippen LogP contribution is 2.31. The minimum absolute atomic E-state index is 0.111. The first-order chi connectivity index (χ1) is 20.7. The molecule has 1 aromatic heterocycles. The van der Waals surface area contributed by atoms with Gasteiger partial charge in [0.2, 0.25) is 17.8 Å². The first-order valence-corrected chi connectivity index (χ1v) is 13.5. The summed E-state index contributed by atoms with van der Waals surface area (Å²) >= 11 is 0. The van der Waals surface area contributed by atoms with Crippen molar-refractivity contribution in [2.24, 2.45) is 0 Å². The lowest BCUT2D eigenvalue weighted by Crippen LogP contribution is -2.76. The van der Waals surface area contributed by atoms with E-state index in [9.17, 15) is 32.7 Å². The van der Waals surface area contributed by atoms with Gasteiger partial charge in [-0.25, -0.2) is 28.6 Å². The van der Waals surface area contributed by atoms with Gasteiger partial charge in [-0.05, 0) is 17.7 Å². The Morgan fingerprint density at radius 1 is 1.07 bits per heavy atom. The predicted octanol–water partition coefficient (Wildman–Crippen LogP) is 2.94. The molecular formula is C30H29F3N6O4. The van der Waals surface area contributed by atoms with E-state index in [1.54, 1.807) is 0 Å². The van der Waals surface area contributed by atoms with Crippen LogP contribution < -0.4 is 5.32 Å². The number of phenols is 1. The van der Waals surface area contributed by atoms with E-state index >= 15 is 0 Å². The average molecular weight is 595 g/mol. The van der Waals surface area contributed by atoms with Crippen molar-refractivity contribution >= 4 is 17.8 Å². The molecule has 0 aliphatic carbocycles. The number of hydrogen-bond donors (Lipinski definition) is 2. The molecule has 2 fully saturated rings. The lowest BCUT2D eigenvalue weighted by molar-refractivity contribution is -0.189. The van der Waals surface area contributed by atoms with E-state index in [2.05, 4.69) is 16.9 Å². The topological polar surface area (TPSA) is 109 Å². The van der Waals surface area contributed by atoms with Crippen molar-refractivity contribution in [1.29, 1.82) is 0 Å². The van der Waals surface area contributed by atoms with Crippen molar-refractivity contribution in [2.45, 2.75) is 31.7 Å². The fourth-order valence-corrected chi connectivity index (χ4v) is 5.41. The number of nitrogens with one attached hydrogen (secondary N) is 1. The lowest BCUT2D eigenvalue weighted by atomic mass is 9.97. The first-order valence-electron chi connectivity index (χ1n) is 13.5. The highest BCUT2D eigenvalue weighted by molar-refractivity contribution is 5.91. The van der Waals surface area contributed by atoms with E-state index in [0.29, 0.717) is 12.1 Å². The molecule has 2 saturated heterocycles. The number of carbonyl (C=O) groups is 3. The molecule has 43 heavy (non-hydrogen) atoms. The number of aromatic nitrogens is 1. The Morgan fingerprint density at radius 3 is 2.47 bits per heavy atom. The van der Waals surface area contributed by atoms with Crippen LogP contribution in [0, 0.1) is 17.6 Å². The van der Waals surface area contributed by atoms with E-state index in [0.717, 1.165) is 11.6 Å². The molecule has 3 heterocycles. The normalized spacial score (nSPS) is 18.9. The number of carbonyl (C=O) groups excluding carboxylic acids is 3. The Bertz CT molecular complexity index is 1520. The molecule has 2 atom stereocenters. The van der Waals surface area contributed by atoms with Gasteiger partial charge in [0.05, 0.1) is 25.3 Å². The number of hydrogen-bond acceptors (Lipinski definition) is 6. The number of nitrogens with zero attached hydrogens (tertiary/aromatic N) is 5. The number of piperazine rings is 1. The Balaban J connectivity index is 1.53. The standard InChI is InChI=1S/C30H29F3N6O4/c1-2-11-37-18-28(41)38-25(14-22-23(31)12-21(40)13-24(22)32)29(42)36(16-20-9-6-10-26(33)35-20)17-27(38)39(37)30(43)34-15-19-7-4-3-5-8-19/h2-10,12-13,25,27,40H,1,11,14-18H2,(H,34,43)/t25-,27-/m0/s1. The second kappa shape index (κ2) is 12.5. The van der Waals surface area contributed by atoms with Gasteiger partial charge in [0, 0.05) is 37.2 Å². The average Bonchev–Trinajstić information content (AvgIpc) is 2.96. The maximum Gasteiger partial charge on any atom is 0.334 e. The van der Waals surface area contributed by atoms with Gasteiger partial charge in [-0.1, -0.05) is 42.5 Å². The number of phenolic OH excluding ortho intramolecular Hbond substituents is 1. The quantitative estimate of drug-likeness (QED) is 0.307. The Hall–Kier alpha value is -4.91. The number of halogens is 3. The predicted molar refractivity (Wildman–Crippen MR) is 148 cm³/mol. The number of fused-ring (bicyclic) bond motifs is 1. The van der Waals surface area contributed by atoms with Crippen LogP contribution in [0.5, 0.6) is 5.75 Å². The van der Waals surface area contributed by atoms with E-state index in [4.69, 9.17) is 0 Å². The fourth-order valence-electron chi connectivity index (χ4n) is 5.41. The van der Waals surface area contributed by atoms with Crippen LogP contribution in [0.1, 0.15) is 16.8 Å². The van der Waals surface area contributed by atoms with E-state index in [1.165, 1.54) is 38.0 Å².